The Morgan fingerprint density at radius 2 is 1.50 bits per heavy atom. The summed E-state index contributed by atoms with van der Waals surface area (Å²) < 4.78 is 0. The molecule has 0 aromatic rings. The minimum atomic E-state index is 0. The number of rotatable bonds is 0. The van der Waals surface area contributed by atoms with E-state index in [0.29, 0.717) is 0 Å². The Morgan fingerprint density at radius 3 is 1.50 bits per heavy atom. The van der Waals surface area contributed by atoms with Crippen LogP contribution in [0, 0.1) is 10.5 Å². The summed E-state index contributed by atoms with van der Waals surface area (Å²) in [4.78, 5) is 7.50. The molecule has 0 atom stereocenters. The molecule has 0 saturated heterocycles. The number of hydrogen-bond acceptors (Lipinski definition) is 2. The third-order valence-corrected chi connectivity index (χ3v) is 0. The molecule has 22 valence electrons. The van der Waals surface area contributed by atoms with Gasteiger partial charge in [-0.25, -0.2) is 0 Å². The first-order chi connectivity index (χ1) is 1.00. The second-order valence-corrected chi connectivity index (χ2v) is 0. The molecule has 0 aromatic carbocycles. The van der Waals surface area contributed by atoms with Gasteiger partial charge in [-0.1, -0.05) is 5.59 Å². The summed E-state index contributed by atoms with van der Waals surface area (Å²) in [7, 11) is 0. The van der Waals surface area contributed by atoms with Gasteiger partial charge in [0.2, 0.25) is 0 Å². The molecule has 3 nitrogen and oxygen atoms in total. The van der Waals surface area contributed by atoms with Gasteiger partial charge in [-0.2, -0.15) is 4.91 Å². The van der Waals surface area contributed by atoms with Gasteiger partial charge < -0.3 is 6.90 Å². The molecule has 0 fully saturated rings. The van der Waals surface area contributed by atoms with Gasteiger partial charge in [0, 0.05) is 0 Å². The maximum Gasteiger partial charge on any atom is 1.00 e. The fourth-order valence-corrected chi connectivity index (χ4v) is 0. The third-order valence-electron chi connectivity index (χ3n) is 0. The van der Waals surface area contributed by atoms with Crippen LogP contribution in [0.25, 0.3) is 0 Å². The van der Waals surface area contributed by atoms with Crippen LogP contribution in [-0.2, 0) is 0 Å². The van der Waals surface area contributed by atoms with Crippen molar-refractivity contribution < 1.29 is 36.5 Å². The van der Waals surface area contributed by atoms with Crippen molar-refractivity contribution >= 4 is 0 Å². The van der Waals surface area contributed by atoms with Crippen molar-refractivity contribution in [1.29, 1.82) is 5.59 Å². The van der Waals surface area contributed by atoms with Crippen molar-refractivity contribution in [2.24, 2.45) is 0 Å². The van der Waals surface area contributed by atoms with Gasteiger partial charge in [-0.05, 0) is 0 Å². The van der Waals surface area contributed by atoms with Crippen LogP contribution >= 0.6 is 0 Å². The van der Waals surface area contributed by atoms with E-state index in [9.17, 15) is 0 Å². The Hall–Kier alpha value is 0.560. The summed E-state index contributed by atoms with van der Waals surface area (Å²) in [6, 6.07) is 0. The van der Waals surface area contributed by atoms with Crippen molar-refractivity contribution in [3.05, 3.63) is 4.91 Å². The van der Waals surface area contributed by atoms with Crippen molar-refractivity contribution in [1.82, 2.24) is 0 Å². The maximum absolute atomic E-state index is 7.50. The summed E-state index contributed by atoms with van der Waals surface area (Å²) >= 11 is 0. The molecular weight excluding hydrogens is 69.0 g/mol. The van der Waals surface area contributed by atoms with Crippen molar-refractivity contribution in [3.63, 3.8) is 0 Å². The minimum absolute atomic E-state index is 0. The Bertz CT molecular complexity index is 9.61. The van der Waals surface area contributed by atoms with E-state index in [2.05, 4.69) is 5.59 Å². The number of hydrogen-bond donors (Lipinski definition) is 1. The molecule has 3 N–H and O–H groups in total. The molecule has 0 aliphatic rings. The number of nitrogens with one attached hydrogen (secondary N) is 1. The van der Waals surface area contributed by atoms with Crippen LogP contribution in [0.3, 0.4) is 0 Å². The molecule has 4 heteroatoms. The summed E-state index contributed by atoms with van der Waals surface area (Å²) in [5, 5.41) is 0. The Kier molecular flexibility index (Phi) is 442. The second kappa shape index (κ2) is 74.4. The molecule has 0 spiro atoms. The van der Waals surface area contributed by atoms with Gasteiger partial charge in [0.15, 0.2) is 0 Å². The van der Waals surface area contributed by atoms with E-state index in [1.807, 2.05) is 0 Å². The van der Waals surface area contributed by atoms with Gasteiger partial charge in [-0.15, -0.1) is 0 Å². The average molecular weight is 73.0 g/mol. The van der Waals surface area contributed by atoms with Crippen LogP contribution in [-0.4, -0.2) is 5.48 Å². The largest absolute Gasteiger partial charge is 1.00 e. The Labute approximate surface area is 47.2 Å². The van der Waals surface area contributed by atoms with E-state index < -0.39 is 0 Å². The molecule has 0 saturated carbocycles. The van der Waals surface area contributed by atoms with Gasteiger partial charge in [0.1, 0.15) is 0 Å². The molecule has 0 bridgehead atoms. The molecule has 0 radical (unpaired) electrons. The summed E-state index contributed by atoms with van der Waals surface area (Å²) in [5.74, 6) is 0. The van der Waals surface area contributed by atoms with E-state index in [4.69, 9.17) is 4.91 Å². The molecule has 0 amide bonds. The summed E-state index contributed by atoms with van der Waals surface area (Å²) in [6.07, 6.45) is 0. The normalized spacial score (nSPS) is 1.00. The predicted molar refractivity (Wildman–Crippen MR) is 10.8 cm³/mol. The topological polar surface area (TPSA) is 72.4 Å². The van der Waals surface area contributed by atoms with Gasteiger partial charge >= 0.3 is 29.6 Å². The smallest absolute Gasteiger partial charge is 1.00 e. The molecule has 4 heavy (non-hydrogen) atoms. The van der Waals surface area contributed by atoms with E-state index >= 15 is 0 Å². The minimum Gasteiger partial charge on any atom is -1.00 e. The molecule has 0 rings (SSSR count). The molecule has 0 unspecified atom stereocenters. The quantitative estimate of drug-likeness (QED) is 0.236. The van der Waals surface area contributed by atoms with E-state index in [1.54, 1.807) is 0 Å². The summed E-state index contributed by atoms with van der Waals surface area (Å²) in [5.41, 5.74) is 4.50. The average Bonchev–Trinajstić information content (AvgIpc) is 1.00. The molecular formula is H4NNaO2. The van der Waals surface area contributed by atoms with Crippen molar-refractivity contribution in [2.45, 2.75) is 0 Å². The van der Waals surface area contributed by atoms with Crippen LogP contribution in [0.15, 0.2) is 0 Å². The third kappa shape index (κ3) is 19.9. The fourth-order valence-electron chi connectivity index (χ4n) is 0. The SMILES string of the molecule is N=O.O.[H-].[Na+]. The van der Waals surface area contributed by atoms with Crippen LogP contribution in [0.2, 0.25) is 0 Å². The van der Waals surface area contributed by atoms with E-state index in [1.165, 1.54) is 0 Å². The fraction of sp³-hybridized carbons (Fsp3) is 0. The zero-order chi connectivity index (χ0) is 2.00. The standard InChI is InChI=1S/HNO.Na.H2O.H/c1-2;;;/h1H;;1H2;/q;+1;;-1. The van der Waals surface area contributed by atoms with Crippen LogP contribution in [0.5, 0.6) is 0 Å². The number of nitroso groups, excluding NO2 is 1. The first-order valence-corrected chi connectivity index (χ1v) is 0.204. The van der Waals surface area contributed by atoms with Crippen LogP contribution < -0.4 is 29.6 Å². The van der Waals surface area contributed by atoms with Gasteiger partial charge in [-0.3, -0.25) is 0 Å². The van der Waals surface area contributed by atoms with Crippen molar-refractivity contribution in [2.75, 3.05) is 0 Å². The van der Waals surface area contributed by atoms with Crippen molar-refractivity contribution in [3.8, 4) is 0 Å². The molecule has 0 aromatic heterocycles. The molecule has 0 aliphatic heterocycles. The van der Waals surface area contributed by atoms with Gasteiger partial charge in [0.25, 0.3) is 0 Å². The van der Waals surface area contributed by atoms with Crippen LogP contribution in [0.4, 0.5) is 0 Å². The molecule has 0 aliphatic carbocycles. The zero-order valence-electron chi connectivity index (χ0n) is 3.41. The van der Waals surface area contributed by atoms with E-state index in [-0.39, 0.29) is 36.5 Å². The second-order valence-electron chi connectivity index (χ2n) is 0. The Balaban J connectivity index is -0.00000000167. The predicted octanol–water partition coefficient (Wildman–Crippen LogP) is -3.38. The van der Waals surface area contributed by atoms with E-state index in [0.717, 1.165) is 0 Å². The first kappa shape index (κ1) is 23.7. The maximum atomic E-state index is 7.50. The first-order valence-electron chi connectivity index (χ1n) is 0.204. The monoisotopic (exact) mass is 73.0 g/mol. The summed E-state index contributed by atoms with van der Waals surface area (Å²) in [6.45, 7) is 0. The van der Waals surface area contributed by atoms with Gasteiger partial charge in [0.05, 0.1) is 0 Å². The Morgan fingerprint density at radius 1 is 1.50 bits per heavy atom. The van der Waals surface area contributed by atoms with Crippen LogP contribution in [0.1, 0.15) is 1.43 Å². The molecule has 0 heterocycles. The zero-order valence-corrected chi connectivity index (χ0v) is 4.41.